The molecule has 0 aromatic carbocycles. The molecule has 0 amide bonds. The summed E-state index contributed by atoms with van der Waals surface area (Å²) in [6.07, 6.45) is 7.88. The third-order valence-corrected chi connectivity index (χ3v) is 4.01. The smallest absolute Gasteiger partial charge is 0.129 e. The number of ether oxygens (including phenoxy) is 1. The lowest BCUT2D eigenvalue weighted by Crippen LogP contribution is -1.88. The maximum absolute atomic E-state index is 5.53. The van der Waals surface area contributed by atoms with Gasteiger partial charge < -0.3 is 4.74 Å². The molecule has 0 N–H and O–H groups in total. The van der Waals surface area contributed by atoms with E-state index >= 15 is 0 Å². The van der Waals surface area contributed by atoms with Crippen molar-refractivity contribution in [3.63, 3.8) is 0 Å². The van der Waals surface area contributed by atoms with Gasteiger partial charge in [0.1, 0.15) is 5.15 Å². The molecule has 0 radical (unpaired) electrons. The number of nitrogens with zero attached hydrogens (tertiary/aromatic N) is 3. The van der Waals surface area contributed by atoms with Crippen molar-refractivity contribution in [3.05, 3.63) is 76.8 Å². The first-order chi connectivity index (χ1) is 14.0. The summed E-state index contributed by atoms with van der Waals surface area (Å²) >= 11 is 8.31. The van der Waals surface area contributed by atoms with Crippen molar-refractivity contribution in [2.24, 2.45) is 0 Å². The van der Waals surface area contributed by atoms with Gasteiger partial charge in [0.2, 0.25) is 0 Å². The predicted octanol–water partition coefficient (Wildman–Crippen LogP) is 5.71. The Kier molecular flexibility index (Phi) is 10.6. The standard InChI is InChI=1S/C12H12N2.C6H6ClN.C4H8O.H2S/c1-9-3-5-13-11(7-9)12-8-10(2)4-6-14-12;1-5-2-3-8-6(7)4-5;1-2-4-5-3-1;/h3-8H,1-2H3;2-4H,1H3;1-4H2;1H2/i/hD. The number of aromatic nitrogens is 3. The van der Waals surface area contributed by atoms with Gasteiger partial charge in [-0.2, -0.15) is 13.4 Å². The number of hydrogen-bond acceptors (Lipinski definition) is 4. The Bertz CT molecular complexity index is 779. The zero-order valence-electron chi connectivity index (χ0n) is 17.6. The lowest BCUT2D eigenvalue weighted by molar-refractivity contribution is 0.198. The molecule has 150 valence electrons. The molecule has 28 heavy (non-hydrogen) atoms. The Morgan fingerprint density at radius 1 is 0.786 bits per heavy atom. The van der Waals surface area contributed by atoms with Crippen molar-refractivity contribution in [2.45, 2.75) is 33.6 Å². The van der Waals surface area contributed by atoms with Gasteiger partial charge in [-0.1, -0.05) is 11.6 Å². The Balaban J connectivity index is 0.000000236. The topological polar surface area (TPSA) is 47.9 Å². The van der Waals surface area contributed by atoms with Gasteiger partial charge in [-0.05, 0) is 86.7 Å². The molecular formula is C22H28ClN3OS. The summed E-state index contributed by atoms with van der Waals surface area (Å²) in [7, 11) is 0. The highest BCUT2D eigenvalue weighted by molar-refractivity contribution is 7.59. The molecule has 0 unspecified atom stereocenters. The van der Waals surface area contributed by atoms with Crippen molar-refractivity contribution in [1.29, 1.82) is 1.12 Å². The monoisotopic (exact) mass is 418 g/mol. The largest absolute Gasteiger partial charge is 0.381 e. The summed E-state index contributed by atoms with van der Waals surface area (Å²) in [5.74, 6) is 0. The molecule has 0 aliphatic carbocycles. The van der Waals surface area contributed by atoms with Crippen LogP contribution in [0.25, 0.3) is 11.4 Å². The van der Waals surface area contributed by atoms with Crippen LogP contribution in [0.4, 0.5) is 0 Å². The normalized spacial score (nSPS) is 12.2. The summed E-state index contributed by atoms with van der Waals surface area (Å²) in [4.78, 5) is 12.4. The van der Waals surface area contributed by atoms with Gasteiger partial charge in [0.15, 0.2) is 0 Å². The van der Waals surface area contributed by atoms with E-state index in [4.69, 9.17) is 17.5 Å². The summed E-state index contributed by atoms with van der Waals surface area (Å²) < 4.78 is 10.4. The van der Waals surface area contributed by atoms with Crippen LogP contribution in [-0.2, 0) is 4.74 Å². The molecule has 4 nitrogen and oxygen atoms in total. The Labute approximate surface area is 180 Å². The van der Waals surface area contributed by atoms with Crippen molar-refractivity contribution in [1.82, 2.24) is 15.0 Å². The van der Waals surface area contributed by atoms with Crippen molar-refractivity contribution in [3.8, 4) is 11.4 Å². The molecule has 3 aromatic heterocycles. The lowest BCUT2D eigenvalue weighted by Gasteiger charge is -2.01. The van der Waals surface area contributed by atoms with E-state index in [0.717, 1.165) is 30.2 Å². The van der Waals surface area contributed by atoms with E-state index < -0.39 is 0 Å². The second kappa shape index (κ2) is 13.3. The molecule has 3 aromatic rings. The van der Waals surface area contributed by atoms with E-state index in [1.807, 2.05) is 55.7 Å². The summed E-state index contributed by atoms with van der Waals surface area (Å²) in [5.41, 5.74) is 5.43. The van der Waals surface area contributed by atoms with Crippen LogP contribution in [0.15, 0.2) is 55.0 Å². The van der Waals surface area contributed by atoms with Crippen LogP contribution in [0, 0.1) is 20.8 Å². The molecule has 1 aliphatic rings. The second-order valence-corrected chi connectivity index (χ2v) is 6.80. The van der Waals surface area contributed by atoms with Crippen LogP contribution in [0.2, 0.25) is 5.15 Å². The molecule has 0 saturated carbocycles. The highest BCUT2D eigenvalue weighted by atomic mass is 35.5. The molecule has 1 aliphatic heterocycles. The zero-order chi connectivity index (χ0) is 21.5. The number of hydrogen-bond donors (Lipinski definition) is 0. The highest BCUT2D eigenvalue weighted by Gasteiger charge is 2.00. The van der Waals surface area contributed by atoms with Crippen LogP contribution < -0.4 is 0 Å². The Morgan fingerprint density at radius 3 is 1.50 bits per heavy atom. The molecule has 4 heterocycles. The van der Waals surface area contributed by atoms with Gasteiger partial charge in [-0.25, -0.2) is 4.98 Å². The average molecular weight is 419 g/mol. The molecular weight excluding hydrogens is 390 g/mol. The SMILES string of the molecule is C1CCOC1.Cc1ccnc(-c2cc(C)ccn2)c1.Cc1ccnc(Cl)c1.[2H]S. The van der Waals surface area contributed by atoms with Gasteiger partial charge in [0.05, 0.1) is 12.5 Å². The van der Waals surface area contributed by atoms with E-state index in [2.05, 4.69) is 42.2 Å². The fourth-order valence-corrected chi connectivity index (χ4v) is 2.59. The third-order valence-electron chi connectivity index (χ3n) is 3.80. The first-order valence-electron chi connectivity index (χ1n) is 9.51. The van der Waals surface area contributed by atoms with Crippen LogP contribution in [0.3, 0.4) is 0 Å². The minimum Gasteiger partial charge on any atom is -0.381 e. The Hall–Kier alpha value is -1.95. The number of halogens is 1. The Morgan fingerprint density at radius 2 is 1.21 bits per heavy atom. The van der Waals surface area contributed by atoms with Gasteiger partial charge in [0.25, 0.3) is 0 Å². The van der Waals surface area contributed by atoms with Gasteiger partial charge in [0, 0.05) is 31.8 Å². The maximum Gasteiger partial charge on any atom is 0.129 e. The van der Waals surface area contributed by atoms with E-state index in [0.29, 0.717) is 5.15 Å². The van der Waals surface area contributed by atoms with Crippen LogP contribution in [0.5, 0.6) is 0 Å². The quantitative estimate of drug-likeness (QED) is 0.474. The maximum atomic E-state index is 5.53. The average Bonchev–Trinajstić information content (AvgIpc) is 3.30. The van der Waals surface area contributed by atoms with Crippen LogP contribution >= 0.6 is 25.0 Å². The van der Waals surface area contributed by atoms with Gasteiger partial charge in [-0.15, -0.1) is 0 Å². The molecule has 0 spiro atoms. The minimum absolute atomic E-state index is 0.560. The van der Waals surface area contributed by atoms with Gasteiger partial charge >= 0.3 is 0 Å². The van der Waals surface area contributed by atoms with Crippen molar-refractivity contribution < 1.29 is 4.74 Å². The molecule has 1 fully saturated rings. The van der Waals surface area contributed by atoms with Gasteiger partial charge in [-0.3, -0.25) is 9.97 Å². The summed E-state index contributed by atoms with van der Waals surface area (Å²) in [6, 6.07) is 11.8. The van der Waals surface area contributed by atoms with Crippen molar-refractivity contribution >= 4 is 25.0 Å². The highest BCUT2D eigenvalue weighted by Crippen LogP contribution is 2.15. The first-order valence-corrected chi connectivity index (χ1v) is 9.44. The van der Waals surface area contributed by atoms with Crippen molar-refractivity contribution in [2.75, 3.05) is 13.2 Å². The minimum atomic E-state index is 0.560. The van der Waals surface area contributed by atoms with E-state index in [-0.39, 0.29) is 0 Å². The van der Waals surface area contributed by atoms with E-state index in [9.17, 15) is 0 Å². The first kappa shape index (κ1) is 22.3. The van der Waals surface area contributed by atoms with E-state index in [1.54, 1.807) is 6.20 Å². The molecule has 0 bridgehead atoms. The third kappa shape index (κ3) is 9.31. The number of aryl methyl sites for hydroxylation is 3. The van der Waals surface area contributed by atoms with Crippen LogP contribution in [0.1, 0.15) is 29.5 Å². The number of rotatable bonds is 1. The second-order valence-electron chi connectivity index (χ2n) is 6.41. The fraction of sp³-hybridized carbons (Fsp3) is 0.318. The van der Waals surface area contributed by atoms with E-state index in [1.165, 1.54) is 24.0 Å². The van der Waals surface area contributed by atoms with Crippen LogP contribution in [-0.4, -0.2) is 29.3 Å². The molecule has 1 saturated heterocycles. The molecule has 4 rings (SSSR count). The molecule has 0 atom stereocenters. The fourth-order valence-electron chi connectivity index (χ4n) is 2.36. The summed E-state index contributed by atoms with van der Waals surface area (Å²) in [6.45, 7) is 8.09. The predicted molar refractivity (Wildman–Crippen MR) is 121 cm³/mol. The molecule has 6 heteroatoms. The zero-order valence-corrected chi connectivity index (χ0v) is 18.3. The lowest BCUT2D eigenvalue weighted by atomic mass is 10.1. The summed E-state index contributed by atoms with van der Waals surface area (Å²) in [5, 5.41) is 0.560. The number of pyridine rings is 3.